The topological polar surface area (TPSA) is 78.5 Å². The maximum Gasteiger partial charge on any atom is 0.344 e. The maximum atomic E-state index is 12.9. The number of rotatable bonds is 6. The lowest BCUT2D eigenvalue weighted by molar-refractivity contribution is -0.139. The number of nitrogens with one attached hydrogen (secondary N) is 2. The molecule has 0 spiro atoms. The average molecular weight is 369 g/mol. The lowest BCUT2D eigenvalue weighted by Crippen LogP contribution is -2.48. The third-order valence-corrected chi connectivity index (χ3v) is 4.68. The first-order chi connectivity index (χ1) is 13.0. The number of aryl methyl sites for hydroxylation is 1. The van der Waals surface area contributed by atoms with Crippen molar-refractivity contribution in [3.63, 3.8) is 0 Å². The van der Waals surface area contributed by atoms with Crippen LogP contribution >= 0.6 is 0 Å². The van der Waals surface area contributed by atoms with Crippen LogP contribution in [0.25, 0.3) is 0 Å². The molecule has 2 aromatic carbocycles. The standard InChI is InChI=1S/C20H20FN3O3/c1-2-20(15-6-4-3-5-7-15)18(26)24(19(27)22-20)23-17(25)13-10-14-8-11-16(21)12-9-14/h3-9,11-12H,2,10,13H2,1H3,(H,22,27)(H,23,25)/t20-/m0/s1. The van der Waals surface area contributed by atoms with Gasteiger partial charge in [0.15, 0.2) is 0 Å². The van der Waals surface area contributed by atoms with Crippen molar-refractivity contribution < 1.29 is 18.8 Å². The van der Waals surface area contributed by atoms with Crippen molar-refractivity contribution in [1.29, 1.82) is 0 Å². The Hall–Kier alpha value is -3.22. The van der Waals surface area contributed by atoms with Gasteiger partial charge in [0, 0.05) is 6.42 Å². The first-order valence-corrected chi connectivity index (χ1v) is 8.72. The van der Waals surface area contributed by atoms with Crippen LogP contribution in [-0.2, 0) is 21.5 Å². The normalized spacial score (nSPS) is 19.1. The van der Waals surface area contributed by atoms with Crippen molar-refractivity contribution in [2.75, 3.05) is 0 Å². The number of hydrogen-bond acceptors (Lipinski definition) is 3. The minimum absolute atomic E-state index is 0.0627. The van der Waals surface area contributed by atoms with E-state index in [0.29, 0.717) is 18.4 Å². The van der Waals surface area contributed by atoms with Crippen LogP contribution in [0.5, 0.6) is 0 Å². The van der Waals surface area contributed by atoms with Gasteiger partial charge in [-0.1, -0.05) is 49.4 Å². The quantitative estimate of drug-likeness (QED) is 0.769. The fourth-order valence-corrected chi connectivity index (χ4v) is 3.13. The van der Waals surface area contributed by atoms with Crippen molar-refractivity contribution in [3.05, 3.63) is 71.5 Å². The molecule has 0 radical (unpaired) electrons. The minimum Gasteiger partial charge on any atom is -0.318 e. The van der Waals surface area contributed by atoms with E-state index in [-0.39, 0.29) is 12.2 Å². The second-order valence-corrected chi connectivity index (χ2v) is 6.36. The van der Waals surface area contributed by atoms with E-state index in [1.165, 1.54) is 12.1 Å². The van der Waals surface area contributed by atoms with E-state index in [1.807, 2.05) is 6.07 Å². The molecule has 1 fully saturated rings. The summed E-state index contributed by atoms with van der Waals surface area (Å²) >= 11 is 0. The monoisotopic (exact) mass is 369 g/mol. The summed E-state index contributed by atoms with van der Waals surface area (Å²) in [4.78, 5) is 37.4. The van der Waals surface area contributed by atoms with Crippen molar-refractivity contribution in [3.8, 4) is 0 Å². The number of urea groups is 1. The molecular weight excluding hydrogens is 349 g/mol. The number of carbonyl (C=O) groups excluding carboxylic acids is 3. The van der Waals surface area contributed by atoms with Gasteiger partial charge in [-0.25, -0.2) is 9.18 Å². The molecule has 0 aliphatic carbocycles. The second kappa shape index (κ2) is 7.57. The second-order valence-electron chi connectivity index (χ2n) is 6.36. The first-order valence-electron chi connectivity index (χ1n) is 8.72. The molecule has 4 amide bonds. The van der Waals surface area contributed by atoms with Gasteiger partial charge in [0.05, 0.1) is 0 Å². The molecule has 6 nitrogen and oxygen atoms in total. The predicted molar refractivity (Wildman–Crippen MR) is 96.7 cm³/mol. The molecule has 1 aliphatic rings. The summed E-state index contributed by atoms with van der Waals surface area (Å²) < 4.78 is 12.9. The van der Waals surface area contributed by atoms with E-state index in [0.717, 1.165) is 10.6 Å². The molecule has 0 aromatic heterocycles. The zero-order valence-electron chi connectivity index (χ0n) is 14.9. The van der Waals surface area contributed by atoms with Crippen molar-refractivity contribution in [1.82, 2.24) is 15.8 Å². The van der Waals surface area contributed by atoms with Gasteiger partial charge in [-0.2, -0.15) is 5.01 Å². The number of halogens is 1. The molecule has 2 aromatic rings. The molecule has 140 valence electrons. The highest BCUT2D eigenvalue weighted by molar-refractivity contribution is 6.08. The van der Waals surface area contributed by atoms with Crippen LogP contribution in [0.1, 0.15) is 30.9 Å². The van der Waals surface area contributed by atoms with E-state index < -0.39 is 23.4 Å². The predicted octanol–water partition coefficient (Wildman–Crippen LogP) is 2.65. The summed E-state index contributed by atoms with van der Waals surface area (Å²) in [5.41, 5.74) is 2.63. The van der Waals surface area contributed by atoms with Crippen molar-refractivity contribution in [2.45, 2.75) is 31.7 Å². The van der Waals surface area contributed by atoms with Gasteiger partial charge in [0.1, 0.15) is 11.4 Å². The first kappa shape index (κ1) is 18.6. The number of nitrogens with zero attached hydrogens (tertiary/aromatic N) is 1. The van der Waals surface area contributed by atoms with E-state index >= 15 is 0 Å². The molecule has 1 atom stereocenters. The summed E-state index contributed by atoms with van der Waals surface area (Å²) in [6.07, 6.45) is 0.782. The lowest BCUT2D eigenvalue weighted by atomic mass is 9.87. The summed E-state index contributed by atoms with van der Waals surface area (Å²) in [5, 5.41) is 3.44. The van der Waals surface area contributed by atoms with Gasteiger partial charge in [-0.15, -0.1) is 0 Å². The van der Waals surface area contributed by atoms with Crippen LogP contribution in [-0.4, -0.2) is 22.9 Å². The number of hydrogen-bond donors (Lipinski definition) is 2. The van der Waals surface area contributed by atoms with E-state index in [4.69, 9.17) is 0 Å². The smallest absolute Gasteiger partial charge is 0.318 e. The Bertz CT molecular complexity index is 855. The molecule has 1 heterocycles. The van der Waals surface area contributed by atoms with Gasteiger partial charge < -0.3 is 5.32 Å². The Morgan fingerprint density at radius 2 is 1.78 bits per heavy atom. The minimum atomic E-state index is -1.19. The fraction of sp³-hybridized carbons (Fsp3) is 0.250. The molecular formula is C20H20FN3O3. The van der Waals surface area contributed by atoms with Gasteiger partial charge in [0.25, 0.3) is 5.91 Å². The molecule has 1 saturated heterocycles. The van der Waals surface area contributed by atoms with E-state index in [1.54, 1.807) is 43.3 Å². The molecule has 1 aliphatic heterocycles. The fourth-order valence-electron chi connectivity index (χ4n) is 3.13. The molecule has 27 heavy (non-hydrogen) atoms. The van der Waals surface area contributed by atoms with Crippen LogP contribution in [0.2, 0.25) is 0 Å². The molecule has 7 heteroatoms. The summed E-state index contributed by atoms with van der Waals surface area (Å²) in [7, 11) is 0. The summed E-state index contributed by atoms with van der Waals surface area (Å²) in [6, 6.07) is 14.1. The van der Waals surface area contributed by atoms with Crippen LogP contribution < -0.4 is 10.7 Å². The average Bonchev–Trinajstić information content (AvgIpc) is 2.93. The molecule has 3 rings (SSSR count). The van der Waals surface area contributed by atoms with Gasteiger partial charge in [-0.3, -0.25) is 15.0 Å². The Morgan fingerprint density at radius 1 is 1.11 bits per heavy atom. The Labute approximate surface area is 156 Å². The Morgan fingerprint density at radius 3 is 2.41 bits per heavy atom. The molecule has 2 N–H and O–H groups in total. The van der Waals surface area contributed by atoms with Crippen molar-refractivity contribution >= 4 is 17.8 Å². The number of amides is 4. The number of benzene rings is 2. The van der Waals surface area contributed by atoms with Crippen LogP contribution in [0, 0.1) is 5.82 Å². The molecule has 0 unspecified atom stereocenters. The van der Waals surface area contributed by atoms with E-state index in [9.17, 15) is 18.8 Å². The largest absolute Gasteiger partial charge is 0.344 e. The van der Waals surface area contributed by atoms with Gasteiger partial charge >= 0.3 is 6.03 Å². The molecule has 0 saturated carbocycles. The summed E-state index contributed by atoms with van der Waals surface area (Å²) in [6.45, 7) is 1.80. The Balaban J connectivity index is 1.68. The van der Waals surface area contributed by atoms with Crippen molar-refractivity contribution in [2.24, 2.45) is 0 Å². The van der Waals surface area contributed by atoms with Gasteiger partial charge in [-0.05, 0) is 36.1 Å². The lowest BCUT2D eigenvalue weighted by Gasteiger charge is -2.25. The summed E-state index contributed by atoms with van der Waals surface area (Å²) in [5.74, 6) is -1.33. The molecule has 0 bridgehead atoms. The zero-order valence-corrected chi connectivity index (χ0v) is 14.9. The van der Waals surface area contributed by atoms with Crippen LogP contribution in [0.3, 0.4) is 0 Å². The van der Waals surface area contributed by atoms with Gasteiger partial charge in [0.2, 0.25) is 5.91 Å². The Kier molecular flexibility index (Phi) is 5.21. The zero-order chi connectivity index (χ0) is 19.4. The highest BCUT2D eigenvalue weighted by Crippen LogP contribution is 2.31. The van der Waals surface area contributed by atoms with Crippen LogP contribution in [0.4, 0.5) is 9.18 Å². The number of imide groups is 1. The van der Waals surface area contributed by atoms with Crippen LogP contribution in [0.15, 0.2) is 54.6 Å². The highest BCUT2D eigenvalue weighted by atomic mass is 19.1. The highest BCUT2D eigenvalue weighted by Gasteiger charge is 2.52. The number of carbonyl (C=O) groups is 3. The third-order valence-electron chi connectivity index (χ3n) is 4.68. The maximum absolute atomic E-state index is 12.9. The number of hydrazine groups is 1. The van der Waals surface area contributed by atoms with E-state index in [2.05, 4.69) is 10.7 Å². The third kappa shape index (κ3) is 3.67. The SMILES string of the molecule is CC[C@@]1(c2ccccc2)NC(=O)N(NC(=O)CCc2ccc(F)cc2)C1=O.